The van der Waals surface area contributed by atoms with E-state index in [-0.39, 0.29) is 38.0 Å². The lowest BCUT2D eigenvalue weighted by Crippen LogP contribution is -2.65. The zero-order valence-electron chi connectivity index (χ0n) is 63.6. The molecule has 1 fully saturated rings. The molecule has 1 aliphatic rings. The predicted molar refractivity (Wildman–Crippen MR) is 386 cm³/mol. The van der Waals surface area contributed by atoms with Gasteiger partial charge in [0.15, 0.2) is 24.2 Å². The van der Waals surface area contributed by atoms with Crippen molar-refractivity contribution in [3.8, 4) is 0 Å². The zero-order chi connectivity index (χ0) is 83.9. The molecule has 0 aliphatic carbocycles. The van der Waals surface area contributed by atoms with E-state index in [0.717, 1.165) is 32.9 Å². The van der Waals surface area contributed by atoms with Crippen molar-refractivity contribution in [2.75, 3.05) is 26.2 Å². The summed E-state index contributed by atoms with van der Waals surface area (Å²) in [6, 6.07) is -6.78. The van der Waals surface area contributed by atoms with Crippen LogP contribution in [0.1, 0.15) is 132 Å². The summed E-state index contributed by atoms with van der Waals surface area (Å²) in [5.74, 6) is -24.4. The van der Waals surface area contributed by atoms with Gasteiger partial charge >= 0.3 is 30.3 Å². The Morgan fingerprint density at radius 2 is 1.21 bits per heavy atom. The highest BCUT2D eigenvalue weighted by molar-refractivity contribution is 6.01. The Kier molecular flexibility index (Phi) is 37.9. The van der Waals surface area contributed by atoms with E-state index >= 15 is 14.4 Å². The van der Waals surface area contributed by atoms with Crippen molar-refractivity contribution in [3.05, 3.63) is 71.8 Å². The lowest BCUT2D eigenvalue weighted by atomic mass is 9.95. The van der Waals surface area contributed by atoms with Gasteiger partial charge in [-0.2, -0.15) is 13.2 Å². The molecule has 0 radical (unpaired) electrons. The number of amides is 13. The highest BCUT2D eigenvalue weighted by atomic mass is 19.4. The van der Waals surface area contributed by atoms with Crippen molar-refractivity contribution in [2.45, 2.75) is 218 Å². The quantitative estimate of drug-likeness (QED) is 0.0143. The molecule has 21 N–H and O–H groups in total. The van der Waals surface area contributed by atoms with Gasteiger partial charge in [-0.3, -0.25) is 58.1 Å². The monoisotopic (exact) mass is 1580 g/mol. The van der Waals surface area contributed by atoms with Crippen LogP contribution >= 0.6 is 0 Å². The van der Waals surface area contributed by atoms with E-state index in [1.165, 1.54) is 45.9 Å². The topological polar surface area (TPSA) is 586 Å². The van der Waals surface area contributed by atoms with Crippen LogP contribution in [0.2, 0.25) is 0 Å². The fraction of sp³-hybridized carbons (Fsp3) is 0.600. The normalized spacial score (nSPS) is 22.2. The van der Waals surface area contributed by atoms with Gasteiger partial charge in [0.25, 0.3) is 0 Å². The van der Waals surface area contributed by atoms with Crippen molar-refractivity contribution in [2.24, 2.45) is 35.1 Å². The van der Waals surface area contributed by atoms with E-state index in [4.69, 9.17) is 35.8 Å². The second kappa shape index (κ2) is 44.6. The summed E-state index contributed by atoms with van der Waals surface area (Å²) >= 11 is 0. The summed E-state index contributed by atoms with van der Waals surface area (Å²) in [4.78, 5) is 214. The van der Waals surface area contributed by atoms with E-state index in [1.807, 2.05) is 10.6 Å². The number of primary amides is 1. The number of hydrogen-bond donors (Lipinski definition) is 19. The number of carbonyl (C=O) groups excluding carboxylic acids is 15. The number of esters is 2. The molecule has 38 nitrogen and oxygen atoms in total. The van der Waals surface area contributed by atoms with Crippen molar-refractivity contribution in [3.63, 3.8) is 0 Å². The van der Waals surface area contributed by atoms with Crippen molar-refractivity contribution in [1.82, 2.24) is 69.1 Å². The van der Waals surface area contributed by atoms with Crippen LogP contribution in [0.25, 0.3) is 0 Å². The molecule has 41 heteroatoms. The number of hydrogen-bond acceptors (Lipinski definition) is 23. The maximum absolute atomic E-state index is 15.9. The molecule has 1 saturated heterocycles. The first-order valence-corrected chi connectivity index (χ1v) is 35.6. The van der Waals surface area contributed by atoms with Gasteiger partial charge in [0.05, 0.1) is 25.8 Å². The third-order valence-corrected chi connectivity index (χ3v) is 16.5. The number of carbonyl (C=O) groups is 15. The van der Waals surface area contributed by atoms with E-state index < -0.39 is 248 Å². The van der Waals surface area contributed by atoms with Crippen LogP contribution in [0.4, 0.5) is 22.8 Å². The lowest BCUT2D eigenvalue weighted by Gasteiger charge is -2.35. The Bertz CT molecular complexity index is 3550. The SMILES string of the molecule is CC[C@H](C)[C@@H]1NC(=O)[C@@H](CCCNC(=N)N)NC(=O)[C@H](CC(C)C)NC(=O)[C@H]([C@H](OC(=O)C(F)(F)F)C(C)C)NC(=O)[C@@H](NC(=O)[C@H](CC(C)C)NC(=O)[C@H](CNC(=O)OC(C)(C)C)NC(=O)OCc2ccccc2)[C@@H](c2ccccc2)OC(=O)[C@H](CO)NC(=O)[C@H]([C@H](O)C(N)=O)NC(=O)CNC(=O)[C@H]([C@H](C)O)NC1=O. The average Bonchev–Trinajstić information content (AvgIpc) is 0.805. The van der Waals surface area contributed by atoms with Gasteiger partial charge in [-0.05, 0) is 88.2 Å². The summed E-state index contributed by atoms with van der Waals surface area (Å²) in [6.45, 7) is 13.2. The minimum absolute atomic E-state index is 0.0852. The van der Waals surface area contributed by atoms with Gasteiger partial charge in [-0.25, -0.2) is 19.2 Å². The molecule has 2 aromatic carbocycles. The largest absolute Gasteiger partial charge is 0.490 e. The summed E-state index contributed by atoms with van der Waals surface area (Å²) in [6.07, 6.45) is -18.6. The minimum atomic E-state index is -5.82. The summed E-state index contributed by atoms with van der Waals surface area (Å²) in [7, 11) is 0. The van der Waals surface area contributed by atoms with Crippen LogP contribution in [-0.4, -0.2) is 227 Å². The van der Waals surface area contributed by atoms with Gasteiger partial charge in [0, 0.05) is 6.54 Å². The molecule has 0 spiro atoms. The number of alkyl halides is 3. The molecule has 0 saturated carbocycles. The molecule has 618 valence electrons. The first-order chi connectivity index (χ1) is 51.8. The average molecular weight is 1580 g/mol. The van der Waals surface area contributed by atoms with E-state index in [2.05, 4.69) is 58.5 Å². The first-order valence-electron chi connectivity index (χ1n) is 35.6. The van der Waals surface area contributed by atoms with Crippen LogP contribution in [0, 0.1) is 29.1 Å². The fourth-order valence-electron chi connectivity index (χ4n) is 10.7. The molecule has 3 rings (SSSR count). The van der Waals surface area contributed by atoms with Gasteiger partial charge in [0.2, 0.25) is 65.0 Å². The second-order valence-electron chi connectivity index (χ2n) is 28.4. The Hall–Kier alpha value is -11.0. The number of aliphatic hydroxyl groups is 3. The molecule has 111 heavy (non-hydrogen) atoms. The number of halogens is 3. The van der Waals surface area contributed by atoms with Crippen molar-refractivity contribution >= 4 is 95.1 Å². The number of rotatable bonds is 27. The first kappa shape index (κ1) is 94.2. The Morgan fingerprint density at radius 1 is 0.649 bits per heavy atom. The summed E-state index contributed by atoms with van der Waals surface area (Å²) in [5.41, 5.74) is 9.93. The molecule has 2 aromatic rings. The number of nitrogens with two attached hydrogens (primary N) is 2. The van der Waals surface area contributed by atoms with Crippen LogP contribution in [0.5, 0.6) is 0 Å². The number of ether oxygens (including phenoxy) is 4. The number of nitrogens with one attached hydrogen (secondary N) is 14. The van der Waals surface area contributed by atoms with Crippen molar-refractivity contribution in [1.29, 1.82) is 5.41 Å². The Balaban J connectivity index is 2.55. The predicted octanol–water partition coefficient (Wildman–Crippen LogP) is -2.67. The molecule has 15 atom stereocenters. The maximum atomic E-state index is 15.9. The molecule has 0 aromatic heterocycles. The molecule has 0 bridgehead atoms. The molecular formula is C70H105F3N16O22. The molecule has 1 aliphatic heterocycles. The number of guanidine groups is 1. The summed E-state index contributed by atoms with van der Waals surface area (Å²) in [5, 5.41) is 70.1. The van der Waals surface area contributed by atoms with Crippen LogP contribution in [0.3, 0.4) is 0 Å². The maximum Gasteiger partial charge on any atom is 0.490 e. The zero-order valence-corrected chi connectivity index (χ0v) is 63.6. The van der Waals surface area contributed by atoms with Crippen LogP contribution < -0.4 is 80.6 Å². The molecule has 0 unspecified atom stereocenters. The van der Waals surface area contributed by atoms with Crippen LogP contribution in [0.15, 0.2) is 60.7 Å². The number of cyclic esters (lactones) is 1. The van der Waals surface area contributed by atoms with E-state index in [1.54, 1.807) is 65.0 Å². The number of alkyl carbamates (subject to hydrolysis) is 2. The highest BCUT2D eigenvalue weighted by Gasteiger charge is 2.48. The standard InChI is InChI=1S/C70H105F3N16O22/c1-13-36(8)46-60(100)87-47(37(9)91)59(99)78-30-45(92)85-48(51(93)54(74)94)61(101)83-44(31-90)64(104)109-53(39-23-18-15-19-24-39)50(88-57(97)42(28-34(4)5)81-58(98)43(29-79-67(106)111-69(10,11)12)84-68(107)108-32-38-21-16-14-17-22-38)63(103)89-49(52(35(6)7)110-65(105)70(71,72)73)62(102)82-41(27-33(2)3)56(96)80-40(55(95)86-46)25-20-26-77-66(75)76/h14-19,21-24,33-37,40-44,46-53,90-91,93H,13,20,25-32H2,1-12H3,(H2,74,94)(H,78,99)(H,79,106)(H,80,96)(H,81,98)(H,82,102)(H,83,101)(H,84,107)(H,85,92)(H,86,95)(H,87,100)(H,88,97)(H,89,103)(H4,75,76,77)/t36-,37-,40+,41-,42-,43-,44-,46-,47-,48-,49-,50-,51-,52+,53+/m0/s1. The van der Waals surface area contributed by atoms with Crippen molar-refractivity contribution < 1.29 is 119 Å². The van der Waals surface area contributed by atoms with Gasteiger partial charge in [0.1, 0.15) is 72.7 Å². The minimum Gasteiger partial charge on any atom is -0.453 e. The lowest BCUT2D eigenvalue weighted by molar-refractivity contribution is -0.208. The Labute approximate surface area is 638 Å². The van der Waals surface area contributed by atoms with E-state index in [0.29, 0.717) is 5.56 Å². The highest BCUT2D eigenvalue weighted by Crippen LogP contribution is 2.27. The van der Waals surface area contributed by atoms with Gasteiger partial charge in [-0.15, -0.1) is 0 Å². The molecule has 1 heterocycles. The number of benzene rings is 2. The number of aliphatic hydroxyl groups excluding tert-OH is 3. The molecular weight excluding hydrogens is 1470 g/mol. The molecule has 13 amide bonds. The summed E-state index contributed by atoms with van der Waals surface area (Å²) < 4.78 is 64.9. The Morgan fingerprint density at radius 3 is 1.75 bits per heavy atom. The second-order valence-corrected chi connectivity index (χ2v) is 28.4. The van der Waals surface area contributed by atoms with Crippen LogP contribution in [-0.2, 0) is 87.9 Å². The third-order valence-electron chi connectivity index (χ3n) is 16.5. The van der Waals surface area contributed by atoms with E-state index in [9.17, 15) is 86.0 Å². The smallest absolute Gasteiger partial charge is 0.453 e. The van der Waals surface area contributed by atoms with Gasteiger partial charge in [-0.1, -0.05) is 122 Å². The third kappa shape index (κ3) is 32.2. The van der Waals surface area contributed by atoms with Gasteiger partial charge < -0.3 is 115 Å². The fourth-order valence-corrected chi connectivity index (χ4v) is 10.7.